The molecule has 0 saturated heterocycles. The van der Waals surface area contributed by atoms with Crippen LogP contribution in [0, 0.1) is 5.92 Å². The average Bonchev–Trinajstić information content (AvgIpc) is 2.89. The van der Waals surface area contributed by atoms with Crippen molar-refractivity contribution in [3.63, 3.8) is 0 Å². The van der Waals surface area contributed by atoms with E-state index in [0.29, 0.717) is 6.54 Å². The van der Waals surface area contributed by atoms with Gasteiger partial charge in [0.25, 0.3) is 5.56 Å². The number of aliphatic carboxylic acids is 1. The van der Waals surface area contributed by atoms with Gasteiger partial charge in [-0.15, -0.1) is 0 Å². The molecular weight excluding hydrogens is 300 g/mol. The maximum atomic E-state index is 12.7. The van der Waals surface area contributed by atoms with Crippen molar-refractivity contribution in [2.24, 2.45) is 5.92 Å². The van der Waals surface area contributed by atoms with E-state index < -0.39 is 22.8 Å². The molecule has 0 saturated carbocycles. The predicted octanol–water partition coefficient (Wildman–Crippen LogP) is 0.855. The zero-order valence-corrected chi connectivity index (χ0v) is 14.0. The van der Waals surface area contributed by atoms with Crippen LogP contribution in [0.15, 0.2) is 15.9 Å². The second-order valence-corrected chi connectivity index (χ2v) is 6.49. The van der Waals surface area contributed by atoms with Gasteiger partial charge in [-0.25, -0.2) is 14.6 Å². The average molecular weight is 322 g/mol. The van der Waals surface area contributed by atoms with Gasteiger partial charge in [0.15, 0.2) is 11.2 Å². The lowest BCUT2D eigenvalue weighted by molar-refractivity contribution is -0.145. The molecule has 23 heavy (non-hydrogen) atoms. The Labute approximate surface area is 133 Å². The van der Waals surface area contributed by atoms with E-state index in [1.807, 2.05) is 13.8 Å². The molecule has 2 heterocycles. The number of fused-ring (bicyclic) bond motifs is 1. The molecule has 2 aromatic rings. The van der Waals surface area contributed by atoms with Crippen LogP contribution in [-0.2, 0) is 23.4 Å². The number of carboxylic acid groups (broad SMARTS) is 1. The van der Waals surface area contributed by atoms with Gasteiger partial charge in [-0.3, -0.25) is 13.9 Å². The Kier molecular flexibility index (Phi) is 4.19. The molecule has 0 aliphatic rings. The lowest BCUT2D eigenvalue weighted by Crippen LogP contribution is -2.43. The summed E-state index contributed by atoms with van der Waals surface area (Å²) in [5.74, 6) is -0.905. The fourth-order valence-corrected chi connectivity index (χ4v) is 2.52. The summed E-state index contributed by atoms with van der Waals surface area (Å²) in [4.78, 5) is 40.9. The van der Waals surface area contributed by atoms with Crippen molar-refractivity contribution in [1.29, 1.82) is 0 Å². The van der Waals surface area contributed by atoms with Crippen LogP contribution in [0.4, 0.5) is 0 Å². The van der Waals surface area contributed by atoms with E-state index in [-0.39, 0.29) is 23.6 Å². The van der Waals surface area contributed by atoms with Gasteiger partial charge in [0.05, 0.1) is 6.33 Å². The normalized spacial score (nSPS) is 12.3. The molecule has 0 fully saturated rings. The summed E-state index contributed by atoms with van der Waals surface area (Å²) in [7, 11) is 0. The Balaban J connectivity index is 2.96. The molecule has 0 bridgehead atoms. The molecule has 2 aromatic heterocycles. The lowest BCUT2D eigenvalue weighted by atomic mass is 10.1. The molecule has 0 unspecified atom stereocenters. The minimum atomic E-state index is -1.35. The third-order valence-corrected chi connectivity index (χ3v) is 3.90. The molecular formula is C15H22N4O4. The molecule has 0 aromatic carbocycles. The monoisotopic (exact) mass is 322 g/mol. The topological polar surface area (TPSA) is 99.1 Å². The van der Waals surface area contributed by atoms with Crippen molar-refractivity contribution in [2.45, 2.75) is 53.2 Å². The standard InChI is InChI=1S/C15H22N4O4/c1-6-17-12(20)10-11(18(14(17)23)7-9(2)3)16-8-19(10)15(4,5)13(21)22/h8-9H,6-7H2,1-5H3,(H,21,22). The maximum absolute atomic E-state index is 12.7. The lowest BCUT2D eigenvalue weighted by Gasteiger charge is -2.22. The summed E-state index contributed by atoms with van der Waals surface area (Å²) < 4.78 is 3.88. The Morgan fingerprint density at radius 2 is 1.91 bits per heavy atom. The van der Waals surface area contributed by atoms with Crippen LogP contribution >= 0.6 is 0 Å². The maximum Gasteiger partial charge on any atom is 0.332 e. The van der Waals surface area contributed by atoms with Crippen LogP contribution in [-0.4, -0.2) is 29.8 Å². The third-order valence-electron chi connectivity index (χ3n) is 3.90. The van der Waals surface area contributed by atoms with Gasteiger partial charge in [-0.2, -0.15) is 0 Å². The quantitative estimate of drug-likeness (QED) is 0.880. The molecule has 0 amide bonds. The predicted molar refractivity (Wildman–Crippen MR) is 85.7 cm³/mol. The van der Waals surface area contributed by atoms with Gasteiger partial charge in [0.2, 0.25) is 0 Å². The number of rotatable bonds is 5. The number of carbonyl (C=O) groups is 1. The second-order valence-electron chi connectivity index (χ2n) is 6.49. The van der Waals surface area contributed by atoms with E-state index in [2.05, 4.69) is 4.98 Å². The van der Waals surface area contributed by atoms with Crippen LogP contribution in [0.5, 0.6) is 0 Å². The third kappa shape index (κ3) is 2.58. The van der Waals surface area contributed by atoms with E-state index in [0.717, 1.165) is 4.57 Å². The number of hydrogen-bond donors (Lipinski definition) is 1. The largest absolute Gasteiger partial charge is 0.480 e. The van der Waals surface area contributed by atoms with Gasteiger partial charge >= 0.3 is 11.7 Å². The Hall–Kier alpha value is -2.38. The molecule has 0 aliphatic carbocycles. The first-order valence-electron chi connectivity index (χ1n) is 7.57. The van der Waals surface area contributed by atoms with Crippen LogP contribution in [0.1, 0.15) is 34.6 Å². The number of imidazole rings is 1. The summed E-state index contributed by atoms with van der Waals surface area (Å²) in [5.41, 5.74) is -1.91. The van der Waals surface area contributed by atoms with Crippen molar-refractivity contribution >= 4 is 17.1 Å². The van der Waals surface area contributed by atoms with Gasteiger partial charge in [-0.1, -0.05) is 13.8 Å². The highest BCUT2D eigenvalue weighted by molar-refractivity contribution is 5.80. The fourth-order valence-electron chi connectivity index (χ4n) is 2.52. The van der Waals surface area contributed by atoms with E-state index >= 15 is 0 Å². The van der Waals surface area contributed by atoms with Gasteiger partial charge in [0, 0.05) is 13.1 Å². The molecule has 1 N–H and O–H groups in total. The fraction of sp³-hybridized carbons (Fsp3) is 0.600. The van der Waals surface area contributed by atoms with E-state index in [1.165, 1.54) is 29.3 Å². The zero-order valence-electron chi connectivity index (χ0n) is 14.0. The molecule has 0 spiro atoms. The Morgan fingerprint density at radius 3 is 2.39 bits per heavy atom. The number of carboxylic acids is 1. The van der Waals surface area contributed by atoms with Crippen LogP contribution in [0.25, 0.3) is 11.2 Å². The van der Waals surface area contributed by atoms with Crippen LogP contribution in [0.3, 0.4) is 0 Å². The first-order valence-corrected chi connectivity index (χ1v) is 7.57. The summed E-state index contributed by atoms with van der Waals surface area (Å²) in [6.07, 6.45) is 1.32. The van der Waals surface area contributed by atoms with Crippen LogP contribution < -0.4 is 11.2 Å². The van der Waals surface area contributed by atoms with Crippen molar-refractivity contribution in [1.82, 2.24) is 18.7 Å². The van der Waals surface area contributed by atoms with Crippen LogP contribution in [0.2, 0.25) is 0 Å². The van der Waals surface area contributed by atoms with Crippen molar-refractivity contribution in [3.8, 4) is 0 Å². The highest BCUT2D eigenvalue weighted by Gasteiger charge is 2.33. The Bertz CT molecular complexity index is 870. The molecule has 8 heteroatoms. The second kappa shape index (κ2) is 5.68. The minimum absolute atomic E-state index is 0.138. The van der Waals surface area contributed by atoms with E-state index in [9.17, 15) is 19.5 Å². The highest BCUT2D eigenvalue weighted by atomic mass is 16.4. The van der Waals surface area contributed by atoms with Crippen molar-refractivity contribution < 1.29 is 9.90 Å². The molecule has 126 valence electrons. The van der Waals surface area contributed by atoms with E-state index in [1.54, 1.807) is 6.92 Å². The van der Waals surface area contributed by atoms with Gasteiger partial charge < -0.3 is 9.67 Å². The molecule has 0 radical (unpaired) electrons. The van der Waals surface area contributed by atoms with Gasteiger partial charge in [-0.05, 0) is 26.7 Å². The molecule has 2 rings (SSSR count). The number of nitrogens with zero attached hydrogens (tertiary/aromatic N) is 4. The summed E-state index contributed by atoms with van der Waals surface area (Å²) >= 11 is 0. The SMILES string of the molecule is CCn1c(=O)c2c(ncn2C(C)(C)C(=O)O)n(CC(C)C)c1=O. The van der Waals surface area contributed by atoms with Gasteiger partial charge in [0.1, 0.15) is 5.54 Å². The molecule has 0 atom stereocenters. The highest BCUT2D eigenvalue weighted by Crippen LogP contribution is 2.20. The molecule has 8 nitrogen and oxygen atoms in total. The zero-order chi connectivity index (χ0) is 17.5. The first-order chi connectivity index (χ1) is 10.6. The molecule has 0 aliphatic heterocycles. The van der Waals surface area contributed by atoms with Crippen molar-refractivity contribution in [3.05, 3.63) is 27.2 Å². The first kappa shape index (κ1) is 17.0. The number of hydrogen-bond acceptors (Lipinski definition) is 4. The number of aromatic nitrogens is 4. The Morgan fingerprint density at radius 1 is 1.30 bits per heavy atom. The van der Waals surface area contributed by atoms with E-state index in [4.69, 9.17) is 0 Å². The van der Waals surface area contributed by atoms with Crippen molar-refractivity contribution in [2.75, 3.05) is 0 Å². The summed E-state index contributed by atoms with van der Waals surface area (Å²) in [6.45, 7) is 9.21. The summed E-state index contributed by atoms with van der Waals surface area (Å²) in [5, 5.41) is 9.43. The minimum Gasteiger partial charge on any atom is -0.480 e. The summed E-state index contributed by atoms with van der Waals surface area (Å²) in [6, 6.07) is 0. The smallest absolute Gasteiger partial charge is 0.332 e.